The Morgan fingerprint density at radius 1 is 1.19 bits per heavy atom. The number of ketones is 1. The van der Waals surface area contributed by atoms with Crippen molar-refractivity contribution >= 4 is 44.0 Å². The van der Waals surface area contributed by atoms with E-state index in [1.807, 2.05) is 57.1 Å². The van der Waals surface area contributed by atoms with Crippen molar-refractivity contribution in [2.45, 2.75) is 36.8 Å². The lowest BCUT2D eigenvalue weighted by atomic mass is 9.79. The number of hydrogen-bond acceptors (Lipinski definition) is 5. The van der Waals surface area contributed by atoms with E-state index in [1.54, 1.807) is 23.9 Å². The summed E-state index contributed by atoms with van der Waals surface area (Å²) in [5.41, 5.74) is 2.03. The largest absolute Gasteiger partial charge is 0.377 e. The molecular weight excluding hydrogens is 428 g/mol. The summed E-state index contributed by atoms with van der Waals surface area (Å²) in [7, 11) is 0.247. The van der Waals surface area contributed by atoms with Crippen molar-refractivity contribution in [3.63, 3.8) is 0 Å². The molecule has 3 rings (SSSR count). The number of rotatable bonds is 8. The first-order chi connectivity index (χ1) is 14.6. The van der Waals surface area contributed by atoms with Gasteiger partial charge in [0.15, 0.2) is 0 Å². The van der Waals surface area contributed by atoms with Gasteiger partial charge in [-0.25, -0.2) is 13.1 Å². The smallest absolute Gasteiger partial charge is 0.241 e. The van der Waals surface area contributed by atoms with E-state index in [-0.39, 0.29) is 22.9 Å². The van der Waals surface area contributed by atoms with Crippen LogP contribution in [0.1, 0.15) is 26.7 Å². The van der Waals surface area contributed by atoms with Gasteiger partial charge in [0.1, 0.15) is 5.78 Å². The second kappa shape index (κ2) is 9.76. The predicted molar refractivity (Wildman–Crippen MR) is 131 cm³/mol. The highest BCUT2D eigenvalue weighted by Crippen LogP contribution is 2.37. The fourth-order valence-corrected chi connectivity index (χ4v) is 6.86. The number of hydrogen-bond donors (Lipinski definition) is 1. The highest BCUT2D eigenvalue weighted by Gasteiger charge is 2.34. The lowest BCUT2D eigenvalue weighted by Crippen LogP contribution is -2.34. The second-order valence-electron chi connectivity index (χ2n) is 8.57. The molecule has 2 aromatic carbocycles. The third kappa shape index (κ3) is 5.33. The average Bonchev–Trinajstić information content (AvgIpc) is 2.72. The zero-order chi connectivity index (χ0) is 22.8. The van der Waals surface area contributed by atoms with Gasteiger partial charge in [-0.15, -0.1) is 0 Å². The maximum Gasteiger partial charge on any atom is 0.241 e. The number of nitrogens with zero attached hydrogens (tertiary/aromatic N) is 1. The number of anilines is 1. The minimum Gasteiger partial charge on any atom is -0.377 e. The molecule has 0 bridgehead atoms. The number of fused-ring (bicyclic) bond motifs is 1. The molecule has 5 nitrogen and oxygen atoms in total. The molecule has 168 valence electrons. The monoisotopic (exact) mass is 460 g/mol. The number of carbonyl (C=O) groups excluding carboxylic acids is 1. The summed E-state index contributed by atoms with van der Waals surface area (Å²) in [6, 6.07) is 11.1. The lowest BCUT2D eigenvalue weighted by molar-refractivity contribution is -0.124. The van der Waals surface area contributed by atoms with Crippen LogP contribution in [0.25, 0.3) is 10.8 Å². The van der Waals surface area contributed by atoms with Crippen LogP contribution in [-0.4, -0.2) is 45.8 Å². The maximum atomic E-state index is 13.0. The zero-order valence-corrected chi connectivity index (χ0v) is 20.4. The van der Waals surface area contributed by atoms with Crippen LogP contribution in [0.5, 0.6) is 0 Å². The number of Topliss-reactive ketones (excluding diaryl/α,β-unsaturated/α-hetero) is 1. The van der Waals surface area contributed by atoms with Crippen molar-refractivity contribution in [3.8, 4) is 0 Å². The van der Waals surface area contributed by atoms with E-state index in [4.69, 9.17) is 0 Å². The Labute approximate surface area is 190 Å². The molecule has 0 heterocycles. The Morgan fingerprint density at radius 2 is 1.87 bits per heavy atom. The molecule has 0 saturated heterocycles. The molecule has 1 fully saturated rings. The van der Waals surface area contributed by atoms with Gasteiger partial charge >= 0.3 is 0 Å². The summed E-state index contributed by atoms with van der Waals surface area (Å²) in [6.45, 7) is 8.31. The Kier molecular flexibility index (Phi) is 7.50. The van der Waals surface area contributed by atoms with Crippen LogP contribution in [-0.2, 0) is 14.8 Å². The summed E-state index contributed by atoms with van der Waals surface area (Å²) < 4.78 is 28.8. The van der Waals surface area contributed by atoms with Gasteiger partial charge in [-0.2, -0.15) is 11.8 Å². The highest BCUT2D eigenvalue weighted by atomic mass is 32.2. The molecule has 31 heavy (non-hydrogen) atoms. The van der Waals surface area contributed by atoms with Crippen LogP contribution >= 0.6 is 11.8 Å². The van der Waals surface area contributed by atoms with E-state index in [0.717, 1.165) is 23.1 Å². The first-order valence-electron chi connectivity index (χ1n) is 10.6. The number of allylic oxidation sites excluding steroid dienone is 1. The van der Waals surface area contributed by atoms with Gasteiger partial charge in [-0.1, -0.05) is 43.3 Å². The Morgan fingerprint density at radius 3 is 2.55 bits per heavy atom. The summed E-state index contributed by atoms with van der Waals surface area (Å²) in [5, 5.41) is 1.82. The molecule has 3 atom stereocenters. The first kappa shape index (κ1) is 23.8. The van der Waals surface area contributed by atoms with Gasteiger partial charge in [-0.05, 0) is 31.4 Å². The summed E-state index contributed by atoms with van der Waals surface area (Å²) in [4.78, 5) is 14.6. The van der Waals surface area contributed by atoms with E-state index < -0.39 is 10.0 Å². The predicted octanol–water partition coefficient (Wildman–Crippen LogP) is 4.48. The number of benzene rings is 2. The molecule has 0 aliphatic heterocycles. The summed E-state index contributed by atoms with van der Waals surface area (Å²) >= 11 is 1.68. The quantitative estimate of drug-likeness (QED) is 0.465. The van der Waals surface area contributed by atoms with Crippen molar-refractivity contribution in [3.05, 3.63) is 48.6 Å². The molecule has 0 aromatic heterocycles. The molecule has 0 spiro atoms. The summed E-state index contributed by atoms with van der Waals surface area (Å²) in [5.74, 6) is 1.14. The molecule has 1 N–H and O–H groups in total. The molecule has 2 aromatic rings. The average molecular weight is 461 g/mol. The molecule has 1 aliphatic rings. The normalized spacial score (nSPS) is 21.9. The van der Waals surface area contributed by atoms with Gasteiger partial charge in [0.05, 0.1) is 4.90 Å². The third-order valence-corrected chi connectivity index (χ3v) is 9.07. The maximum absolute atomic E-state index is 13.0. The van der Waals surface area contributed by atoms with Crippen molar-refractivity contribution in [1.82, 2.24) is 4.72 Å². The Balaban J connectivity index is 1.68. The van der Waals surface area contributed by atoms with Crippen LogP contribution in [0.15, 0.2) is 53.4 Å². The molecule has 0 amide bonds. The fraction of sp³-hybridized carbons (Fsp3) is 0.458. The van der Waals surface area contributed by atoms with Crippen molar-refractivity contribution < 1.29 is 13.2 Å². The minimum absolute atomic E-state index is 0.000251. The van der Waals surface area contributed by atoms with Crippen molar-refractivity contribution in [2.24, 2.45) is 11.8 Å². The van der Waals surface area contributed by atoms with Crippen molar-refractivity contribution in [2.75, 3.05) is 31.3 Å². The van der Waals surface area contributed by atoms with Crippen LogP contribution in [0.2, 0.25) is 0 Å². The number of sulfonamides is 1. The number of thioether (sulfide) groups is 1. The van der Waals surface area contributed by atoms with Crippen LogP contribution in [0.3, 0.4) is 0 Å². The lowest BCUT2D eigenvalue weighted by Gasteiger charge is -2.33. The number of nitrogens with one attached hydrogen (secondary N) is 1. The van der Waals surface area contributed by atoms with E-state index in [9.17, 15) is 13.2 Å². The second-order valence-corrected chi connectivity index (χ2v) is 11.7. The Hall–Kier alpha value is -1.83. The topological polar surface area (TPSA) is 66.5 Å². The van der Waals surface area contributed by atoms with Gasteiger partial charge in [0, 0.05) is 60.4 Å². The number of carbonyl (C=O) groups is 1. The van der Waals surface area contributed by atoms with Crippen LogP contribution < -0.4 is 9.62 Å². The highest BCUT2D eigenvalue weighted by molar-refractivity contribution is 8.00. The van der Waals surface area contributed by atoms with Gasteiger partial charge in [0.2, 0.25) is 10.0 Å². The van der Waals surface area contributed by atoms with E-state index >= 15 is 0 Å². The van der Waals surface area contributed by atoms with Crippen molar-refractivity contribution in [1.29, 1.82) is 0 Å². The molecule has 1 saturated carbocycles. The van der Waals surface area contributed by atoms with Crippen LogP contribution in [0, 0.1) is 11.8 Å². The van der Waals surface area contributed by atoms with E-state index in [1.165, 1.54) is 0 Å². The molecule has 1 aliphatic carbocycles. The van der Waals surface area contributed by atoms with Gasteiger partial charge in [-0.3, -0.25) is 4.79 Å². The fourth-order valence-electron chi connectivity index (χ4n) is 4.14. The molecule has 0 radical (unpaired) electrons. The van der Waals surface area contributed by atoms with E-state index in [2.05, 4.69) is 11.3 Å². The van der Waals surface area contributed by atoms with E-state index in [0.29, 0.717) is 29.0 Å². The van der Waals surface area contributed by atoms with Gasteiger partial charge < -0.3 is 4.90 Å². The molecular formula is C24H32N2O3S2. The zero-order valence-electron chi connectivity index (χ0n) is 18.7. The summed E-state index contributed by atoms with van der Waals surface area (Å²) in [6.07, 6.45) is 1.51. The SMILES string of the molecule is C=C(C)[C@H]1CC(=O)C(C)C(SCCNS(=O)(=O)c2cccc3c(N(C)C)cccc23)C1. The standard InChI is InChI=1S/C24H32N2O3S2/c1-16(2)18-14-22(27)17(3)23(15-18)30-13-12-25-31(28,29)24-11-7-8-19-20(24)9-6-10-21(19)26(4)5/h6-11,17-18,23,25H,1,12-15H2,2-5H3/t17?,18-,23?/m0/s1. The minimum atomic E-state index is -3.64. The Bertz CT molecular complexity index is 1080. The third-order valence-electron chi connectivity index (χ3n) is 6.08. The molecule has 2 unspecified atom stereocenters. The van der Waals surface area contributed by atoms with Crippen LogP contribution in [0.4, 0.5) is 5.69 Å². The van der Waals surface area contributed by atoms with Gasteiger partial charge in [0.25, 0.3) is 0 Å². The molecule has 7 heteroatoms. The first-order valence-corrected chi connectivity index (χ1v) is 13.1.